The van der Waals surface area contributed by atoms with Gasteiger partial charge in [-0.2, -0.15) is 0 Å². The summed E-state index contributed by atoms with van der Waals surface area (Å²) >= 11 is 1.43. The van der Waals surface area contributed by atoms with E-state index in [0.29, 0.717) is 5.09 Å². The zero-order valence-electron chi connectivity index (χ0n) is 7.92. The van der Waals surface area contributed by atoms with Crippen molar-refractivity contribution in [2.75, 3.05) is 5.75 Å². The van der Waals surface area contributed by atoms with Gasteiger partial charge in [-0.15, -0.1) is 0 Å². The highest BCUT2D eigenvalue weighted by atomic mass is 32.2. The van der Waals surface area contributed by atoms with Crippen LogP contribution in [0.2, 0.25) is 0 Å². The molecule has 0 radical (unpaired) electrons. The van der Waals surface area contributed by atoms with Gasteiger partial charge in [0.1, 0.15) is 11.7 Å². The lowest BCUT2D eigenvalue weighted by Gasteiger charge is -2.05. The smallest absolute Gasteiger partial charge is 0.168 e. The summed E-state index contributed by atoms with van der Waals surface area (Å²) in [7, 11) is 0. The van der Waals surface area contributed by atoms with E-state index in [1.165, 1.54) is 25.6 Å². The van der Waals surface area contributed by atoms with E-state index >= 15 is 0 Å². The highest BCUT2D eigenvalue weighted by molar-refractivity contribution is 8.03. The van der Waals surface area contributed by atoms with Crippen LogP contribution in [0.5, 0.6) is 0 Å². The third-order valence-electron chi connectivity index (χ3n) is 1.67. The normalized spacial score (nSPS) is 21.2. The summed E-state index contributed by atoms with van der Waals surface area (Å²) in [6, 6.07) is 0. The fourth-order valence-corrected chi connectivity index (χ4v) is 2.23. The summed E-state index contributed by atoms with van der Waals surface area (Å²) in [4.78, 5) is 22.2. The number of Topliss-reactive ketones (excluding diaryl/α,β-unsaturated/α-hetero) is 2. The van der Waals surface area contributed by atoms with Gasteiger partial charge in [0, 0.05) is 5.75 Å². The van der Waals surface area contributed by atoms with Gasteiger partial charge in [-0.1, -0.05) is 11.8 Å². The van der Waals surface area contributed by atoms with Crippen LogP contribution in [0.3, 0.4) is 0 Å². The summed E-state index contributed by atoms with van der Waals surface area (Å²) in [5.41, 5.74) is 0.203. The topological polar surface area (TPSA) is 43.4 Å². The molecule has 4 heteroatoms. The van der Waals surface area contributed by atoms with Crippen LogP contribution in [0.1, 0.15) is 20.8 Å². The van der Waals surface area contributed by atoms with Gasteiger partial charge >= 0.3 is 0 Å². The zero-order valence-corrected chi connectivity index (χ0v) is 8.73. The first kappa shape index (κ1) is 10.3. The van der Waals surface area contributed by atoms with E-state index in [4.69, 9.17) is 4.74 Å². The first-order chi connectivity index (χ1) is 6.02. The van der Waals surface area contributed by atoms with E-state index in [1.807, 2.05) is 6.92 Å². The molecule has 0 bridgehead atoms. The minimum absolute atomic E-state index is 0.0914. The summed E-state index contributed by atoms with van der Waals surface area (Å²) in [6.07, 6.45) is 0.0914. The minimum atomic E-state index is -0.218. The highest BCUT2D eigenvalue weighted by Crippen LogP contribution is 2.31. The molecule has 0 aromatic heterocycles. The molecule has 0 saturated carbocycles. The molecule has 72 valence electrons. The predicted molar refractivity (Wildman–Crippen MR) is 51.4 cm³/mol. The Morgan fingerprint density at radius 3 is 2.23 bits per heavy atom. The Bertz CT molecular complexity index is 265. The first-order valence-corrected chi connectivity index (χ1v) is 5.06. The molecule has 0 unspecified atom stereocenters. The lowest BCUT2D eigenvalue weighted by Crippen LogP contribution is -2.10. The van der Waals surface area contributed by atoms with E-state index in [9.17, 15) is 9.59 Å². The lowest BCUT2D eigenvalue weighted by molar-refractivity contribution is -0.119. The standard InChI is InChI=1S/C9H12O3S/c1-5-4-13-9(12-5)8(6(2)10)7(3)11/h5H,4H2,1-3H3/t5-/m0/s1. The third-order valence-corrected chi connectivity index (χ3v) is 2.86. The van der Waals surface area contributed by atoms with Crippen LogP contribution in [0.15, 0.2) is 10.7 Å². The van der Waals surface area contributed by atoms with Crippen molar-refractivity contribution >= 4 is 23.3 Å². The fourth-order valence-electron chi connectivity index (χ4n) is 1.11. The van der Waals surface area contributed by atoms with Crippen molar-refractivity contribution in [3.05, 3.63) is 10.7 Å². The van der Waals surface area contributed by atoms with Crippen LogP contribution in [-0.4, -0.2) is 23.4 Å². The Balaban J connectivity index is 2.97. The van der Waals surface area contributed by atoms with Crippen LogP contribution in [-0.2, 0) is 14.3 Å². The molecule has 1 saturated heterocycles. The Morgan fingerprint density at radius 1 is 1.38 bits per heavy atom. The number of carbonyl (C=O) groups excluding carboxylic acids is 2. The minimum Gasteiger partial charge on any atom is -0.483 e. The monoisotopic (exact) mass is 200 g/mol. The van der Waals surface area contributed by atoms with E-state index in [-0.39, 0.29) is 23.2 Å². The molecule has 1 aliphatic rings. The van der Waals surface area contributed by atoms with Crippen molar-refractivity contribution in [1.82, 2.24) is 0 Å². The number of thioether (sulfide) groups is 1. The maximum absolute atomic E-state index is 11.1. The van der Waals surface area contributed by atoms with Crippen LogP contribution in [0, 0.1) is 0 Å². The van der Waals surface area contributed by atoms with Gasteiger partial charge in [0.2, 0.25) is 0 Å². The quantitative estimate of drug-likeness (QED) is 0.385. The number of hydrogen-bond donors (Lipinski definition) is 0. The van der Waals surface area contributed by atoms with Gasteiger partial charge in [-0.25, -0.2) is 0 Å². The van der Waals surface area contributed by atoms with Crippen molar-refractivity contribution in [3.63, 3.8) is 0 Å². The van der Waals surface area contributed by atoms with E-state index in [1.54, 1.807) is 0 Å². The second-order valence-corrected chi connectivity index (χ2v) is 4.01. The number of allylic oxidation sites excluding steroid dienone is 1. The first-order valence-electron chi connectivity index (χ1n) is 4.08. The summed E-state index contributed by atoms with van der Waals surface area (Å²) < 4.78 is 5.35. The predicted octanol–water partition coefficient (Wildman–Crippen LogP) is 1.53. The Kier molecular flexibility index (Phi) is 3.14. The van der Waals surface area contributed by atoms with Gasteiger partial charge in [0.25, 0.3) is 0 Å². The largest absolute Gasteiger partial charge is 0.483 e. The summed E-state index contributed by atoms with van der Waals surface area (Å²) in [6.45, 7) is 4.69. The molecular formula is C9H12O3S. The third kappa shape index (κ3) is 2.34. The molecular weight excluding hydrogens is 188 g/mol. The van der Waals surface area contributed by atoms with Gasteiger partial charge < -0.3 is 4.74 Å². The van der Waals surface area contributed by atoms with Crippen LogP contribution in [0.4, 0.5) is 0 Å². The second kappa shape index (κ2) is 3.96. The highest BCUT2D eigenvalue weighted by Gasteiger charge is 2.25. The number of ketones is 2. The van der Waals surface area contributed by atoms with E-state index in [2.05, 4.69) is 0 Å². The molecule has 0 aliphatic carbocycles. The van der Waals surface area contributed by atoms with E-state index < -0.39 is 0 Å². The van der Waals surface area contributed by atoms with Crippen LogP contribution >= 0.6 is 11.8 Å². The fraction of sp³-hybridized carbons (Fsp3) is 0.556. The van der Waals surface area contributed by atoms with Gasteiger partial charge in [0.15, 0.2) is 16.7 Å². The average Bonchev–Trinajstić information content (AvgIpc) is 2.34. The Morgan fingerprint density at radius 2 is 1.92 bits per heavy atom. The summed E-state index contributed by atoms with van der Waals surface area (Å²) in [5.74, 6) is 0.368. The molecule has 0 N–H and O–H groups in total. The average molecular weight is 200 g/mol. The number of hydrogen-bond acceptors (Lipinski definition) is 4. The van der Waals surface area contributed by atoms with E-state index in [0.717, 1.165) is 5.75 Å². The number of ether oxygens (including phenoxy) is 1. The van der Waals surface area contributed by atoms with Crippen molar-refractivity contribution in [2.24, 2.45) is 0 Å². The molecule has 0 amide bonds. The van der Waals surface area contributed by atoms with Crippen LogP contribution in [0.25, 0.3) is 0 Å². The van der Waals surface area contributed by atoms with Crippen molar-refractivity contribution in [1.29, 1.82) is 0 Å². The molecule has 1 heterocycles. The molecule has 1 rings (SSSR count). The van der Waals surface area contributed by atoms with Crippen LogP contribution < -0.4 is 0 Å². The molecule has 0 aromatic carbocycles. The van der Waals surface area contributed by atoms with Gasteiger partial charge in [0.05, 0.1) is 0 Å². The SMILES string of the molecule is CC(=O)C(C(C)=O)=C1O[C@@H](C)CS1. The maximum Gasteiger partial charge on any atom is 0.168 e. The molecule has 0 aromatic rings. The van der Waals surface area contributed by atoms with Crippen molar-refractivity contribution in [3.8, 4) is 0 Å². The number of rotatable bonds is 2. The maximum atomic E-state index is 11.1. The van der Waals surface area contributed by atoms with Gasteiger partial charge in [-0.05, 0) is 20.8 Å². The van der Waals surface area contributed by atoms with Gasteiger partial charge in [-0.3, -0.25) is 9.59 Å². The summed E-state index contributed by atoms with van der Waals surface area (Å²) in [5, 5.41) is 0.493. The molecule has 1 fully saturated rings. The second-order valence-electron chi connectivity index (χ2n) is 3.01. The number of carbonyl (C=O) groups is 2. The Labute approximate surface area is 81.5 Å². The molecule has 3 nitrogen and oxygen atoms in total. The van der Waals surface area contributed by atoms with Crippen molar-refractivity contribution in [2.45, 2.75) is 26.9 Å². The molecule has 0 spiro atoms. The Hall–Kier alpha value is -0.770. The zero-order chi connectivity index (χ0) is 10.0. The lowest BCUT2D eigenvalue weighted by atomic mass is 10.1. The van der Waals surface area contributed by atoms with Crippen molar-refractivity contribution < 1.29 is 14.3 Å². The molecule has 1 atom stereocenters. The molecule has 13 heavy (non-hydrogen) atoms. The molecule has 1 aliphatic heterocycles.